The summed E-state index contributed by atoms with van der Waals surface area (Å²) >= 11 is 0. The van der Waals surface area contributed by atoms with E-state index in [2.05, 4.69) is 35.7 Å². The van der Waals surface area contributed by atoms with Crippen molar-refractivity contribution in [1.29, 1.82) is 0 Å². The highest BCUT2D eigenvalue weighted by atomic mass is 16.3. The quantitative estimate of drug-likeness (QED) is 0.373. The van der Waals surface area contributed by atoms with Gasteiger partial charge in [0.05, 0.1) is 23.6 Å². The van der Waals surface area contributed by atoms with Crippen molar-refractivity contribution < 1.29 is 5.11 Å². The van der Waals surface area contributed by atoms with Gasteiger partial charge in [-0.3, -0.25) is 10.2 Å². The first-order valence-corrected chi connectivity index (χ1v) is 7.97. The lowest BCUT2D eigenvalue weighted by molar-refractivity contribution is 0.478. The van der Waals surface area contributed by atoms with Crippen molar-refractivity contribution in [2.75, 3.05) is 5.32 Å². The van der Waals surface area contributed by atoms with Gasteiger partial charge in [0.15, 0.2) is 11.6 Å². The summed E-state index contributed by atoms with van der Waals surface area (Å²) in [5, 5.41) is 28.1. The average molecular weight is 343 g/mol. The molecule has 2 aromatic carbocycles. The minimum atomic E-state index is 0.138. The number of para-hydroxylation sites is 2. The summed E-state index contributed by atoms with van der Waals surface area (Å²) in [6, 6.07) is 12.8. The van der Waals surface area contributed by atoms with E-state index in [9.17, 15) is 5.11 Å². The molecule has 0 aliphatic carbocycles. The minimum absolute atomic E-state index is 0.138. The Balaban J connectivity index is 1.66. The van der Waals surface area contributed by atoms with E-state index in [1.807, 2.05) is 24.3 Å². The van der Waals surface area contributed by atoms with E-state index in [1.54, 1.807) is 30.6 Å². The van der Waals surface area contributed by atoms with Gasteiger partial charge in [-0.25, -0.2) is 9.97 Å². The van der Waals surface area contributed by atoms with Crippen LogP contribution in [-0.4, -0.2) is 35.5 Å². The molecule has 0 atom stereocenters. The molecule has 3 aromatic heterocycles. The van der Waals surface area contributed by atoms with Crippen LogP contribution in [-0.2, 0) is 0 Å². The SMILES string of the molecule is Oc1ccccc1Nc1nc(-c2ccc3cn[nH]c3c2)nc2cn[nH]c12. The number of hydrogen-bond donors (Lipinski definition) is 4. The van der Waals surface area contributed by atoms with Crippen molar-refractivity contribution in [2.45, 2.75) is 0 Å². The largest absolute Gasteiger partial charge is 0.506 e. The molecule has 0 aliphatic heterocycles. The smallest absolute Gasteiger partial charge is 0.162 e. The fraction of sp³-hybridized carbons (Fsp3) is 0. The zero-order valence-corrected chi connectivity index (χ0v) is 13.4. The number of benzene rings is 2. The molecule has 8 nitrogen and oxygen atoms in total. The van der Waals surface area contributed by atoms with Gasteiger partial charge in [0.1, 0.15) is 16.8 Å². The number of phenolic OH excluding ortho intramolecular Hbond substituents is 1. The predicted molar refractivity (Wildman–Crippen MR) is 98.2 cm³/mol. The molecule has 0 radical (unpaired) electrons. The van der Waals surface area contributed by atoms with E-state index in [0.29, 0.717) is 28.4 Å². The Morgan fingerprint density at radius 3 is 2.73 bits per heavy atom. The summed E-state index contributed by atoms with van der Waals surface area (Å²) in [5.74, 6) is 1.22. The van der Waals surface area contributed by atoms with Gasteiger partial charge in [0.25, 0.3) is 0 Å². The van der Waals surface area contributed by atoms with Crippen LogP contribution in [0.2, 0.25) is 0 Å². The number of anilines is 2. The van der Waals surface area contributed by atoms with Gasteiger partial charge in [-0.05, 0) is 18.2 Å². The van der Waals surface area contributed by atoms with Crippen molar-refractivity contribution in [1.82, 2.24) is 30.4 Å². The molecule has 4 N–H and O–H groups in total. The van der Waals surface area contributed by atoms with E-state index in [1.165, 1.54) is 0 Å². The second-order valence-electron chi connectivity index (χ2n) is 5.84. The summed E-state index contributed by atoms with van der Waals surface area (Å²) in [4.78, 5) is 9.21. The van der Waals surface area contributed by atoms with Crippen LogP contribution in [0, 0.1) is 0 Å². The van der Waals surface area contributed by atoms with Gasteiger partial charge in [0, 0.05) is 10.9 Å². The predicted octanol–water partition coefficient (Wildman–Crippen LogP) is 3.35. The lowest BCUT2D eigenvalue weighted by Crippen LogP contribution is -1.99. The second kappa shape index (κ2) is 5.55. The molecule has 0 amide bonds. The Morgan fingerprint density at radius 1 is 0.923 bits per heavy atom. The van der Waals surface area contributed by atoms with Crippen LogP contribution >= 0.6 is 0 Å². The summed E-state index contributed by atoms with van der Waals surface area (Å²) in [5.41, 5.74) is 3.66. The van der Waals surface area contributed by atoms with E-state index in [4.69, 9.17) is 0 Å². The highest BCUT2D eigenvalue weighted by Crippen LogP contribution is 2.30. The van der Waals surface area contributed by atoms with Gasteiger partial charge in [-0.1, -0.05) is 24.3 Å². The van der Waals surface area contributed by atoms with Crippen LogP contribution in [0.1, 0.15) is 0 Å². The molecule has 0 spiro atoms. The molecule has 5 rings (SSSR count). The molecule has 0 saturated heterocycles. The number of nitrogens with zero attached hydrogens (tertiary/aromatic N) is 4. The molecule has 0 saturated carbocycles. The maximum Gasteiger partial charge on any atom is 0.162 e. The number of rotatable bonds is 3. The van der Waals surface area contributed by atoms with Crippen LogP contribution in [0.5, 0.6) is 5.75 Å². The van der Waals surface area contributed by atoms with Crippen LogP contribution < -0.4 is 5.32 Å². The Bertz CT molecular complexity index is 1240. The number of phenols is 1. The molecule has 126 valence electrons. The van der Waals surface area contributed by atoms with Gasteiger partial charge >= 0.3 is 0 Å². The normalized spacial score (nSPS) is 11.2. The number of nitrogens with one attached hydrogen (secondary N) is 3. The number of fused-ring (bicyclic) bond motifs is 2. The van der Waals surface area contributed by atoms with Crippen LogP contribution in [0.3, 0.4) is 0 Å². The van der Waals surface area contributed by atoms with E-state index < -0.39 is 0 Å². The van der Waals surface area contributed by atoms with Crippen molar-refractivity contribution in [3.8, 4) is 17.1 Å². The molecular weight excluding hydrogens is 330 g/mol. The first-order valence-electron chi connectivity index (χ1n) is 7.97. The summed E-state index contributed by atoms with van der Waals surface area (Å²) < 4.78 is 0. The van der Waals surface area contributed by atoms with E-state index in [-0.39, 0.29) is 5.75 Å². The van der Waals surface area contributed by atoms with Gasteiger partial charge in [-0.2, -0.15) is 10.2 Å². The average Bonchev–Trinajstić information content (AvgIpc) is 3.31. The van der Waals surface area contributed by atoms with Crippen molar-refractivity contribution in [3.63, 3.8) is 0 Å². The van der Waals surface area contributed by atoms with Crippen LogP contribution in [0.4, 0.5) is 11.5 Å². The second-order valence-corrected chi connectivity index (χ2v) is 5.84. The molecule has 5 aromatic rings. The third kappa shape index (κ3) is 2.32. The summed E-state index contributed by atoms with van der Waals surface area (Å²) in [6.07, 6.45) is 3.41. The van der Waals surface area contributed by atoms with Crippen LogP contribution in [0.25, 0.3) is 33.3 Å². The third-order valence-electron chi connectivity index (χ3n) is 4.16. The number of aromatic amines is 2. The highest BCUT2D eigenvalue weighted by molar-refractivity contribution is 5.90. The standard InChI is InChI=1S/C18H13N7O/c26-15-4-2-1-3-12(15)21-18-16-14(9-20-25-16)22-17(23-18)10-5-6-11-8-19-24-13(11)7-10/h1-9,26H,(H,19,24)(H,20,25)(H,21,22,23). The Hall–Kier alpha value is -3.94. The molecule has 0 bridgehead atoms. The molecule has 26 heavy (non-hydrogen) atoms. The monoisotopic (exact) mass is 343 g/mol. The van der Waals surface area contributed by atoms with E-state index >= 15 is 0 Å². The Labute approximate surface area is 146 Å². The van der Waals surface area contributed by atoms with Gasteiger partial charge in [0.2, 0.25) is 0 Å². The molecule has 8 heteroatoms. The first-order chi connectivity index (χ1) is 12.8. The number of hydrogen-bond acceptors (Lipinski definition) is 6. The lowest BCUT2D eigenvalue weighted by Gasteiger charge is -2.10. The molecule has 0 fully saturated rings. The van der Waals surface area contributed by atoms with E-state index in [0.717, 1.165) is 16.5 Å². The zero-order valence-electron chi connectivity index (χ0n) is 13.4. The number of aromatic nitrogens is 6. The van der Waals surface area contributed by atoms with Crippen molar-refractivity contribution in [2.24, 2.45) is 0 Å². The molecule has 0 unspecified atom stereocenters. The third-order valence-corrected chi connectivity index (χ3v) is 4.16. The maximum atomic E-state index is 10.0. The minimum Gasteiger partial charge on any atom is -0.506 e. The fourth-order valence-corrected chi connectivity index (χ4v) is 2.84. The number of H-pyrrole nitrogens is 2. The molecular formula is C18H13N7O. The first kappa shape index (κ1) is 14.4. The number of aromatic hydroxyl groups is 1. The Morgan fingerprint density at radius 2 is 1.81 bits per heavy atom. The van der Waals surface area contributed by atoms with Crippen LogP contribution in [0.15, 0.2) is 54.9 Å². The summed E-state index contributed by atoms with van der Waals surface area (Å²) in [6.45, 7) is 0. The zero-order chi connectivity index (χ0) is 17.5. The Kier molecular flexibility index (Phi) is 3.08. The molecule has 3 heterocycles. The summed E-state index contributed by atoms with van der Waals surface area (Å²) in [7, 11) is 0. The maximum absolute atomic E-state index is 10.0. The topological polar surface area (TPSA) is 115 Å². The van der Waals surface area contributed by atoms with Gasteiger partial charge < -0.3 is 10.4 Å². The lowest BCUT2D eigenvalue weighted by atomic mass is 10.1. The van der Waals surface area contributed by atoms with Crippen molar-refractivity contribution in [3.05, 3.63) is 54.9 Å². The van der Waals surface area contributed by atoms with Gasteiger partial charge in [-0.15, -0.1) is 0 Å². The highest BCUT2D eigenvalue weighted by Gasteiger charge is 2.13. The van der Waals surface area contributed by atoms with Crippen molar-refractivity contribution >= 4 is 33.4 Å². The molecule has 0 aliphatic rings. The fourth-order valence-electron chi connectivity index (χ4n) is 2.84.